The summed E-state index contributed by atoms with van der Waals surface area (Å²) in [5.74, 6) is 0.00711. The summed E-state index contributed by atoms with van der Waals surface area (Å²) in [6.45, 7) is 6.19. The number of amides is 1. The van der Waals surface area contributed by atoms with Crippen molar-refractivity contribution in [1.29, 1.82) is 0 Å². The summed E-state index contributed by atoms with van der Waals surface area (Å²) in [7, 11) is 1.73. The zero-order chi connectivity index (χ0) is 18.4. The smallest absolute Gasteiger partial charge is 0.256 e. The molecule has 1 aromatic rings. The van der Waals surface area contributed by atoms with E-state index in [0.717, 1.165) is 40.4 Å². The lowest BCUT2D eigenvalue weighted by molar-refractivity contribution is -0.117. The normalized spacial score (nSPS) is 29.4. The number of benzene rings is 1. The number of hydrogen-bond acceptors (Lipinski definition) is 3. The van der Waals surface area contributed by atoms with Crippen molar-refractivity contribution >= 4 is 27.4 Å². The largest absolute Gasteiger partial charge is 0.509 e. The molecule has 1 saturated carbocycles. The van der Waals surface area contributed by atoms with E-state index in [9.17, 15) is 9.90 Å². The summed E-state index contributed by atoms with van der Waals surface area (Å²) in [6.07, 6.45) is 3.77. The molecule has 3 rings (SSSR count). The van der Waals surface area contributed by atoms with Crippen molar-refractivity contribution in [3.63, 3.8) is 0 Å². The molecule has 0 bridgehead atoms. The predicted molar refractivity (Wildman–Crippen MR) is 103 cm³/mol. The van der Waals surface area contributed by atoms with Crippen molar-refractivity contribution in [3.8, 4) is 0 Å². The molecule has 2 aliphatic rings. The molecule has 1 aliphatic carbocycles. The monoisotopic (exact) mass is 407 g/mol. The number of nitrogens with one attached hydrogen (secondary N) is 1. The van der Waals surface area contributed by atoms with Crippen LogP contribution < -0.4 is 5.32 Å². The van der Waals surface area contributed by atoms with E-state index in [1.165, 1.54) is 0 Å². The van der Waals surface area contributed by atoms with Crippen LogP contribution in [0.5, 0.6) is 0 Å². The van der Waals surface area contributed by atoms with Crippen LogP contribution in [0.4, 0.5) is 0 Å². The molecule has 0 aromatic heterocycles. The van der Waals surface area contributed by atoms with Gasteiger partial charge in [0.1, 0.15) is 5.76 Å². The second-order valence-electron chi connectivity index (χ2n) is 7.55. The average molecular weight is 408 g/mol. The number of methoxy groups -OCH3 is 1. The van der Waals surface area contributed by atoms with Gasteiger partial charge < -0.3 is 15.2 Å². The first-order valence-electron chi connectivity index (χ1n) is 8.86. The van der Waals surface area contributed by atoms with Gasteiger partial charge in [-0.2, -0.15) is 0 Å². The van der Waals surface area contributed by atoms with E-state index < -0.39 is 5.54 Å². The third-order valence-electron chi connectivity index (χ3n) is 5.87. The molecule has 1 spiro atoms. The van der Waals surface area contributed by atoms with Crippen LogP contribution in [-0.4, -0.2) is 29.3 Å². The number of rotatable bonds is 3. The summed E-state index contributed by atoms with van der Waals surface area (Å²) in [5.41, 5.74) is 2.61. The molecular weight excluding hydrogens is 382 g/mol. The van der Waals surface area contributed by atoms with Crippen molar-refractivity contribution in [2.45, 2.75) is 64.0 Å². The third kappa shape index (κ3) is 3.02. The first kappa shape index (κ1) is 18.5. The molecule has 2 N–H and O–H groups in total. The zero-order valence-corrected chi connectivity index (χ0v) is 16.9. The number of aliphatic hydroxyl groups excluding tert-OH is 1. The van der Waals surface area contributed by atoms with Crippen molar-refractivity contribution in [2.24, 2.45) is 0 Å². The Bertz CT molecular complexity index is 746. The number of ether oxygens (including phenoxy) is 1. The fourth-order valence-corrected chi connectivity index (χ4v) is 4.88. The van der Waals surface area contributed by atoms with Crippen molar-refractivity contribution in [1.82, 2.24) is 5.32 Å². The quantitative estimate of drug-likeness (QED) is 0.778. The van der Waals surface area contributed by atoms with Gasteiger partial charge in [-0.15, -0.1) is 0 Å². The predicted octanol–water partition coefficient (Wildman–Crippen LogP) is 4.44. The summed E-state index contributed by atoms with van der Waals surface area (Å²) < 4.78 is 6.46. The summed E-state index contributed by atoms with van der Waals surface area (Å²) in [5, 5.41) is 14.2. The lowest BCUT2D eigenvalue weighted by Crippen LogP contribution is -2.51. The lowest BCUT2D eigenvalue weighted by atomic mass is 9.74. The van der Waals surface area contributed by atoms with Crippen LogP contribution in [-0.2, 0) is 16.0 Å². The van der Waals surface area contributed by atoms with Crippen LogP contribution >= 0.6 is 15.9 Å². The van der Waals surface area contributed by atoms with E-state index in [4.69, 9.17) is 4.74 Å². The van der Waals surface area contributed by atoms with Gasteiger partial charge in [-0.1, -0.05) is 28.9 Å². The highest BCUT2D eigenvalue weighted by Gasteiger charge is 2.50. The van der Waals surface area contributed by atoms with Crippen molar-refractivity contribution in [2.75, 3.05) is 7.11 Å². The minimum atomic E-state index is -0.653. The van der Waals surface area contributed by atoms with Crippen LogP contribution in [0.3, 0.4) is 0 Å². The fraction of sp³-hybridized carbons (Fsp3) is 0.550. The van der Waals surface area contributed by atoms with Crippen LogP contribution in [0.2, 0.25) is 0 Å². The van der Waals surface area contributed by atoms with Gasteiger partial charge in [0.15, 0.2) is 0 Å². The Morgan fingerprint density at radius 1 is 1.28 bits per heavy atom. The Hall–Kier alpha value is -1.33. The van der Waals surface area contributed by atoms with Crippen LogP contribution in [0.25, 0.3) is 5.57 Å². The van der Waals surface area contributed by atoms with Crippen molar-refractivity contribution in [3.05, 3.63) is 39.1 Å². The molecule has 1 aliphatic heterocycles. The Morgan fingerprint density at radius 2 is 1.92 bits per heavy atom. The van der Waals surface area contributed by atoms with Gasteiger partial charge in [0.05, 0.1) is 16.7 Å². The van der Waals surface area contributed by atoms with Gasteiger partial charge in [-0.25, -0.2) is 0 Å². The number of carbonyl (C=O) groups is 1. The fourth-order valence-electron chi connectivity index (χ4n) is 4.06. The highest BCUT2D eigenvalue weighted by Crippen LogP contribution is 2.46. The topological polar surface area (TPSA) is 58.6 Å². The van der Waals surface area contributed by atoms with Gasteiger partial charge in [0, 0.05) is 17.1 Å². The number of aliphatic hydroxyl groups is 1. The first-order chi connectivity index (χ1) is 11.7. The minimum Gasteiger partial charge on any atom is -0.509 e. The SMILES string of the molecule is CCc1cc(C)cc(Br)c1C1=C(O)C2(CCC(C)(OC)CC2)NC1=O. The second kappa shape index (κ2) is 6.44. The molecule has 0 radical (unpaired) electrons. The molecule has 1 aromatic carbocycles. The van der Waals surface area contributed by atoms with E-state index in [2.05, 4.69) is 41.2 Å². The summed E-state index contributed by atoms with van der Waals surface area (Å²) >= 11 is 3.60. The average Bonchev–Trinajstić information content (AvgIpc) is 2.81. The Labute approximate surface area is 157 Å². The molecule has 1 amide bonds. The van der Waals surface area contributed by atoms with Crippen LogP contribution in [0.1, 0.15) is 56.2 Å². The minimum absolute atomic E-state index is 0.183. The lowest BCUT2D eigenvalue weighted by Gasteiger charge is -2.42. The molecule has 136 valence electrons. The highest BCUT2D eigenvalue weighted by molar-refractivity contribution is 9.10. The van der Waals surface area contributed by atoms with Gasteiger partial charge >= 0.3 is 0 Å². The standard InChI is InChI=1S/C20H26BrNO3/c1-5-13-10-12(2)11-14(21)15(13)16-17(23)20(22-18(16)24)8-6-19(3,25-4)7-9-20/h10-11,23H,5-9H2,1-4H3,(H,22,24). The first-order valence-corrected chi connectivity index (χ1v) is 9.65. The maximum absolute atomic E-state index is 12.8. The van der Waals surface area contributed by atoms with Crippen LogP contribution in [0.15, 0.2) is 22.4 Å². The van der Waals surface area contributed by atoms with E-state index >= 15 is 0 Å². The maximum Gasteiger partial charge on any atom is 0.256 e. The number of halogens is 1. The Balaban J connectivity index is 2.06. The molecule has 5 heteroatoms. The molecule has 1 fully saturated rings. The number of aryl methyl sites for hydroxylation is 2. The third-order valence-corrected chi connectivity index (χ3v) is 6.50. The zero-order valence-electron chi connectivity index (χ0n) is 15.3. The van der Waals surface area contributed by atoms with Gasteiger partial charge in [0.2, 0.25) is 0 Å². The molecule has 4 nitrogen and oxygen atoms in total. The number of carbonyl (C=O) groups excluding carboxylic acids is 1. The molecule has 0 saturated heterocycles. The molecule has 1 heterocycles. The van der Waals surface area contributed by atoms with E-state index in [0.29, 0.717) is 18.4 Å². The Morgan fingerprint density at radius 3 is 2.48 bits per heavy atom. The molecular formula is C20H26BrNO3. The van der Waals surface area contributed by atoms with Crippen LogP contribution in [0, 0.1) is 6.92 Å². The van der Waals surface area contributed by atoms with Gasteiger partial charge in [-0.3, -0.25) is 4.79 Å². The maximum atomic E-state index is 12.8. The van der Waals surface area contributed by atoms with Gasteiger partial charge in [-0.05, 0) is 63.1 Å². The van der Waals surface area contributed by atoms with E-state index in [1.807, 2.05) is 13.0 Å². The highest BCUT2D eigenvalue weighted by atomic mass is 79.9. The Kier molecular flexibility index (Phi) is 4.75. The van der Waals surface area contributed by atoms with E-state index in [1.54, 1.807) is 7.11 Å². The molecule has 25 heavy (non-hydrogen) atoms. The number of hydrogen-bond donors (Lipinski definition) is 2. The molecule has 0 unspecified atom stereocenters. The van der Waals surface area contributed by atoms with Gasteiger partial charge in [0.25, 0.3) is 5.91 Å². The van der Waals surface area contributed by atoms with E-state index in [-0.39, 0.29) is 17.3 Å². The summed E-state index contributed by atoms with van der Waals surface area (Å²) in [6, 6.07) is 4.08. The molecule has 0 atom stereocenters. The second-order valence-corrected chi connectivity index (χ2v) is 8.40. The van der Waals surface area contributed by atoms with Crippen molar-refractivity contribution < 1.29 is 14.6 Å². The summed E-state index contributed by atoms with van der Waals surface area (Å²) in [4.78, 5) is 12.8.